The SMILES string of the molecule is COCCOc1ccc(CNc2ccn(C)c(=O)c2)cn1. The van der Waals surface area contributed by atoms with Crippen molar-refractivity contribution in [3.63, 3.8) is 0 Å². The van der Waals surface area contributed by atoms with Gasteiger partial charge in [-0.15, -0.1) is 0 Å². The molecule has 0 fully saturated rings. The Morgan fingerprint density at radius 3 is 2.81 bits per heavy atom. The number of aromatic nitrogens is 2. The van der Waals surface area contributed by atoms with E-state index in [1.165, 1.54) is 4.57 Å². The lowest BCUT2D eigenvalue weighted by molar-refractivity contribution is 0.143. The van der Waals surface area contributed by atoms with E-state index in [0.29, 0.717) is 25.6 Å². The first kappa shape index (κ1) is 15.1. The molecule has 2 rings (SSSR count). The van der Waals surface area contributed by atoms with Crippen LogP contribution in [0, 0.1) is 0 Å². The van der Waals surface area contributed by atoms with E-state index in [9.17, 15) is 4.79 Å². The minimum Gasteiger partial charge on any atom is -0.475 e. The molecule has 2 aromatic heterocycles. The maximum absolute atomic E-state index is 11.5. The van der Waals surface area contributed by atoms with E-state index in [2.05, 4.69) is 10.3 Å². The third kappa shape index (κ3) is 4.61. The molecule has 0 aliphatic carbocycles. The lowest BCUT2D eigenvalue weighted by Gasteiger charge is -2.08. The second-order valence-electron chi connectivity index (χ2n) is 4.56. The number of rotatable bonds is 7. The van der Waals surface area contributed by atoms with Gasteiger partial charge in [0.1, 0.15) is 6.61 Å². The van der Waals surface area contributed by atoms with Crippen molar-refractivity contribution in [2.45, 2.75) is 6.54 Å². The van der Waals surface area contributed by atoms with Crippen molar-refractivity contribution in [2.24, 2.45) is 7.05 Å². The predicted octanol–water partition coefficient (Wildman–Crippen LogP) is 1.42. The Morgan fingerprint density at radius 2 is 2.14 bits per heavy atom. The Morgan fingerprint density at radius 1 is 1.29 bits per heavy atom. The molecule has 0 saturated heterocycles. The Kier molecular flexibility index (Phi) is 5.34. The van der Waals surface area contributed by atoms with Crippen LogP contribution in [-0.2, 0) is 18.3 Å². The molecule has 0 atom stereocenters. The van der Waals surface area contributed by atoms with Crippen LogP contribution < -0.4 is 15.6 Å². The molecule has 21 heavy (non-hydrogen) atoms. The number of pyridine rings is 2. The monoisotopic (exact) mass is 289 g/mol. The van der Waals surface area contributed by atoms with Gasteiger partial charge in [-0.25, -0.2) is 4.98 Å². The quantitative estimate of drug-likeness (QED) is 0.781. The second-order valence-corrected chi connectivity index (χ2v) is 4.56. The smallest absolute Gasteiger partial charge is 0.252 e. The normalized spacial score (nSPS) is 10.4. The summed E-state index contributed by atoms with van der Waals surface area (Å²) >= 11 is 0. The third-order valence-corrected chi connectivity index (χ3v) is 2.94. The van der Waals surface area contributed by atoms with Gasteiger partial charge >= 0.3 is 0 Å². The molecule has 0 radical (unpaired) electrons. The Bertz CT molecular complexity index is 623. The standard InChI is InChI=1S/C15H19N3O3/c1-18-6-5-13(9-15(18)19)16-10-12-3-4-14(17-11-12)21-8-7-20-2/h3-6,9,11,16H,7-8,10H2,1-2H3. The first-order valence-corrected chi connectivity index (χ1v) is 6.66. The van der Waals surface area contributed by atoms with Gasteiger partial charge in [0, 0.05) is 50.9 Å². The minimum absolute atomic E-state index is 0.0417. The highest BCUT2D eigenvalue weighted by atomic mass is 16.5. The van der Waals surface area contributed by atoms with Crippen LogP contribution in [0.3, 0.4) is 0 Å². The van der Waals surface area contributed by atoms with Crippen LogP contribution in [0.4, 0.5) is 5.69 Å². The lowest BCUT2D eigenvalue weighted by Crippen LogP contribution is -2.15. The van der Waals surface area contributed by atoms with Crippen LogP contribution in [0.1, 0.15) is 5.56 Å². The average Bonchev–Trinajstić information content (AvgIpc) is 2.50. The summed E-state index contributed by atoms with van der Waals surface area (Å²) in [6.45, 7) is 1.61. The molecule has 6 nitrogen and oxygen atoms in total. The summed E-state index contributed by atoms with van der Waals surface area (Å²) in [6, 6.07) is 7.17. The molecule has 112 valence electrons. The first-order valence-electron chi connectivity index (χ1n) is 6.66. The van der Waals surface area contributed by atoms with Gasteiger partial charge in [0.25, 0.3) is 5.56 Å². The number of methoxy groups -OCH3 is 1. The molecule has 2 aromatic rings. The van der Waals surface area contributed by atoms with Crippen molar-refractivity contribution in [3.8, 4) is 5.88 Å². The largest absolute Gasteiger partial charge is 0.475 e. The third-order valence-electron chi connectivity index (χ3n) is 2.94. The molecule has 0 unspecified atom stereocenters. The zero-order valence-corrected chi connectivity index (χ0v) is 12.2. The number of aryl methyl sites for hydroxylation is 1. The van der Waals surface area contributed by atoms with E-state index in [1.54, 1.807) is 32.6 Å². The molecule has 0 bridgehead atoms. The van der Waals surface area contributed by atoms with Gasteiger partial charge in [-0.3, -0.25) is 4.79 Å². The molecular weight excluding hydrogens is 270 g/mol. The first-order chi connectivity index (χ1) is 10.2. The fraction of sp³-hybridized carbons (Fsp3) is 0.333. The molecule has 0 spiro atoms. The van der Waals surface area contributed by atoms with Gasteiger partial charge in [0.2, 0.25) is 5.88 Å². The van der Waals surface area contributed by atoms with Crippen LogP contribution >= 0.6 is 0 Å². The highest BCUT2D eigenvalue weighted by molar-refractivity contribution is 5.41. The van der Waals surface area contributed by atoms with Crippen molar-refractivity contribution in [2.75, 3.05) is 25.6 Å². The molecule has 0 aliphatic rings. The van der Waals surface area contributed by atoms with Gasteiger partial charge < -0.3 is 19.4 Å². The van der Waals surface area contributed by atoms with Gasteiger partial charge in [0.05, 0.1) is 6.61 Å². The van der Waals surface area contributed by atoms with Crippen molar-refractivity contribution in [1.82, 2.24) is 9.55 Å². The topological polar surface area (TPSA) is 65.4 Å². The summed E-state index contributed by atoms with van der Waals surface area (Å²) < 4.78 is 11.8. The van der Waals surface area contributed by atoms with Crippen LogP contribution in [0.2, 0.25) is 0 Å². The van der Waals surface area contributed by atoms with Crippen LogP contribution in [0.15, 0.2) is 41.5 Å². The van der Waals surface area contributed by atoms with Gasteiger partial charge in [-0.1, -0.05) is 6.07 Å². The van der Waals surface area contributed by atoms with Gasteiger partial charge in [0.15, 0.2) is 0 Å². The molecule has 0 saturated carbocycles. The summed E-state index contributed by atoms with van der Waals surface area (Å²) in [5.74, 6) is 0.574. The Labute approximate surface area is 123 Å². The molecular formula is C15H19N3O3. The highest BCUT2D eigenvalue weighted by Gasteiger charge is 1.99. The summed E-state index contributed by atoms with van der Waals surface area (Å²) in [6.07, 6.45) is 3.48. The van der Waals surface area contributed by atoms with E-state index in [0.717, 1.165) is 11.3 Å². The van der Waals surface area contributed by atoms with E-state index < -0.39 is 0 Å². The van der Waals surface area contributed by atoms with E-state index in [-0.39, 0.29) is 5.56 Å². The van der Waals surface area contributed by atoms with E-state index in [1.807, 2.05) is 18.2 Å². The maximum atomic E-state index is 11.5. The summed E-state index contributed by atoms with van der Waals surface area (Å²) in [5.41, 5.74) is 1.76. The number of nitrogens with zero attached hydrogens (tertiary/aromatic N) is 2. The Hall–Kier alpha value is -2.34. The number of hydrogen-bond acceptors (Lipinski definition) is 5. The average molecular weight is 289 g/mol. The van der Waals surface area contributed by atoms with E-state index in [4.69, 9.17) is 9.47 Å². The fourth-order valence-electron chi connectivity index (χ4n) is 1.69. The van der Waals surface area contributed by atoms with Crippen molar-refractivity contribution >= 4 is 5.69 Å². The predicted molar refractivity (Wildman–Crippen MR) is 80.6 cm³/mol. The van der Waals surface area contributed by atoms with E-state index >= 15 is 0 Å². The van der Waals surface area contributed by atoms with Crippen molar-refractivity contribution < 1.29 is 9.47 Å². The maximum Gasteiger partial charge on any atom is 0.252 e. The van der Waals surface area contributed by atoms with Crippen molar-refractivity contribution in [1.29, 1.82) is 0 Å². The minimum atomic E-state index is -0.0417. The van der Waals surface area contributed by atoms with Crippen LogP contribution in [0.5, 0.6) is 5.88 Å². The Balaban J connectivity index is 1.88. The van der Waals surface area contributed by atoms with Crippen LogP contribution in [-0.4, -0.2) is 29.9 Å². The molecule has 6 heteroatoms. The number of anilines is 1. The van der Waals surface area contributed by atoms with Gasteiger partial charge in [-0.05, 0) is 11.6 Å². The number of nitrogens with one attached hydrogen (secondary N) is 1. The fourth-order valence-corrected chi connectivity index (χ4v) is 1.69. The summed E-state index contributed by atoms with van der Waals surface area (Å²) in [5, 5.41) is 3.19. The van der Waals surface area contributed by atoms with Crippen LogP contribution in [0.25, 0.3) is 0 Å². The number of ether oxygens (including phenoxy) is 2. The second kappa shape index (κ2) is 7.44. The molecule has 0 amide bonds. The highest BCUT2D eigenvalue weighted by Crippen LogP contribution is 2.10. The molecule has 0 aromatic carbocycles. The van der Waals surface area contributed by atoms with Crippen molar-refractivity contribution in [3.05, 3.63) is 52.6 Å². The van der Waals surface area contributed by atoms with Gasteiger partial charge in [-0.2, -0.15) is 0 Å². The number of hydrogen-bond donors (Lipinski definition) is 1. The lowest BCUT2D eigenvalue weighted by atomic mass is 10.2. The summed E-state index contributed by atoms with van der Waals surface area (Å²) in [4.78, 5) is 15.7. The summed E-state index contributed by atoms with van der Waals surface area (Å²) in [7, 11) is 3.35. The molecule has 2 heterocycles. The molecule has 1 N–H and O–H groups in total. The zero-order chi connectivity index (χ0) is 15.1. The zero-order valence-electron chi connectivity index (χ0n) is 12.2. The molecule has 0 aliphatic heterocycles.